The average Bonchev–Trinajstić information content (AvgIpc) is 2.40. The van der Waals surface area contributed by atoms with E-state index in [1.165, 1.54) is 18.2 Å². The van der Waals surface area contributed by atoms with E-state index >= 15 is 0 Å². The molecule has 1 aromatic carbocycles. The SMILES string of the molecule is N#CC(C#N)=C(C#N)Nc1cc(C(=O)O)c(F)cc1O. The molecule has 7 nitrogen and oxygen atoms in total. The minimum absolute atomic E-state index is 0.316. The highest BCUT2D eigenvalue weighted by Gasteiger charge is 2.16. The summed E-state index contributed by atoms with van der Waals surface area (Å²) in [5, 5.41) is 46.5. The van der Waals surface area contributed by atoms with Crippen molar-refractivity contribution >= 4 is 11.7 Å². The highest BCUT2D eigenvalue weighted by Crippen LogP contribution is 2.28. The van der Waals surface area contributed by atoms with Crippen molar-refractivity contribution in [2.24, 2.45) is 0 Å². The van der Waals surface area contributed by atoms with Crippen LogP contribution in [0.25, 0.3) is 0 Å². The van der Waals surface area contributed by atoms with E-state index in [1.807, 2.05) is 0 Å². The van der Waals surface area contributed by atoms with Crippen LogP contribution in [0.15, 0.2) is 23.4 Å². The average molecular weight is 272 g/mol. The number of benzene rings is 1. The van der Waals surface area contributed by atoms with E-state index in [2.05, 4.69) is 5.32 Å². The molecule has 0 saturated carbocycles. The van der Waals surface area contributed by atoms with Gasteiger partial charge in [-0.1, -0.05) is 0 Å². The number of aromatic hydroxyl groups is 1. The molecule has 98 valence electrons. The number of hydrogen-bond donors (Lipinski definition) is 3. The van der Waals surface area contributed by atoms with Gasteiger partial charge in [0.1, 0.15) is 35.5 Å². The summed E-state index contributed by atoms with van der Waals surface area (Å²) in [6.45, 7) is 0. The Kier molecular flexibility index (Phi) is 4.24. The number of nitrogens with one attached hydrogen (secondary N) is 1. The van der Waals surface area contributed by atoms with Crippen LogP contribution < -0.4 is 5.32 Å². The fourth-order valence-electron chi connectivity index (χ4n) is 1.24. The highest BCUT2D eigenvalue weighted by molar-refractivity contribution is 5.90. The van der Waals surface area contributed by atoms with E-state index in [9.17, 15) is 14.3 Å². The maximum atomic E-state index is 13.2. The molecule has 0 unspecified atom stereocenters. The lowest BCUT2D eigenvalue weighted by Gasteiger charge is -2.08. The van der Waals surface area contributed by atoms with Crippen molar-refractivity contribution in [3.8, 4) is 24.0 Å². The quantitative estimate of drug-likeness (QED) is 0.558. The number of hydrogen-bond acceptors (Lipinski definition) is 6. The number of rotatable bonds is 3. The minimum Gasteiger partial charge on any atom is -0.506 e. The lowest BCUT2D eigenvalue weighted by molar-refractivity contribution is 0.0692. The van der Waals surface area contributed by atoms with Crippen LogP contribution >= 0.6 is 0 Å². The van der Waals surface area contributed by atoms with Crippen LogP contribution in [-0.4, -0.2) is 16.2 Å². The van der Waals surface area contributed by atoms with Gasteiger partial charge in [0.15, 0.2) is 5.57 Å². The molecule has 1 rings (SSSR count). The number of nitrogens with zero attached hydrogens (tertiary/aromatic N) is 3. The van der Waals surface area contributed by atoms with Crippen molar-refractivity contribution < 1.29 is 19.4 Å². The second-order valence-electron chi connectivity index (χ2n) is 3.36. The Morgan fingerprint density at radius 3 is 2.25 bits per heavy atom. The number of aromatic carboxylic acids is 1. The van der Waals surface area contributed by atoms with Gasteiger partial charge in [0.2, 0.25) is 0 Å². The van der Waals surface area contributed by atoms with Crippen molar-refractivity contribution in [1.82, 2.24) is 0 Å². The Bertz CT molecular complexity index is 719. The van der Waals surface area contributed by atoms with E-state index in [0.29, 0.717) is 6.07 Å². The third-order valence-corrected chi connectivity index (χ3v) is 2.16. The highest BCUT2D eigenvalue weighted by atomic mass is 19.1. The summed E-state index contributed by atoms with van der Waals surface area (Å²) in [7, 11) is 0. The van der Waals surface area contributed by atoms with Gasteiger partial charge in [0.05, 0.1) is 11.3 Å². The normalized spacial score (nSPS) is 8.70. The first-order valence-corrected chi connectivity index (χ1v) is 4.92. The molecule has 0 amide bonds. The van der Waals surface area contributed by atoms with E-state index in [4.69, 9.17) is 20.9 Å². The first-order valence-electron chi connectivity index (χ1n) is 4.92. The molecule has 0 fully saturated rings. The Balaban J connectivity index is 3.37. The lowest BCUT2D eigenvalue weighted by Crippen LogP contribution is -2.05. The molecular formula is C12H5FN4O3. The maximum Gasteiger partial charge on any atom is 0.338 e. The third kappa shape index (κ3) is 2.81. The van der Waals surface area contributed by atoms with E-state index in [1.54, 1.807) is 0 Å². The third-order valence-electron chi connectivity index (χ3n) is 2.16. The first kappa shape index (κ1) is 14.5. The Morgan fingerprint density at radius 1 is 1.20 bits per heavy atom. The smallest absolute Gasteiger partial charge is 0.338 e. The predicted molar refractivity (Wildman–Crippen MR) is 62.5 cm³/mol. The van der Waals surface area contributed by atoms with Gasteiger partial charge in [-0.05, 0) is 6.07 Å². The standard InChI is InChI=1S/C12H5FN4O3/c13-8-2-11(18)9(1-7(8)12(19)20)17-10(5-16)6(3-14)4-15/h1-2,17-18H,(H,19,20). The molecule has 20 heavy (non-hydrogen) atoms. The second-order valence-corrected chi connectivity index (χ2v) is 3.36. The molecule has 0 spiro atoms. The van der Waals surface area contributed by atoms with Gasteiger partial charge in [-0.3, -0.25) is 0 Å². The molecule has 8 heteroatoms. The van der Waals surface area contributed by atoms with Crippen LogP contribution in [0.5, 0.6) is 5.75 Å². The summed E-state index contributed by atoms with van der Waals surface area (Å²) in [6.07, 6.45) is 0. The number of phenolic OH excluding ortho intramolecular Hbond substituents is 1. The number of allylic oxidation sites excluding steroid dienone is 2. The fourth-order valence-corrected chi connectivity index (χ4v) is 1.24. The molecule has 1 aromatic rings. The Labute approximate surface area is 112 Å². The van der Waals surface area contributed by atoms with E-state index in [0.717, 1.165) is 6.07 Å². The summed E-state index contributed by atoms with van der Waals surface area (Å²) in [4.78, 5) is 10.8. The summed E-state index contributed by atoms with van der Waals surface area (Å²) in [5.41, 5.74) is -2.11. The summed E-state index contributed by atoms with van der Waals surface area (Å²) >= 11 is 0. The molecule has 0 atom stereocenters. The minimum atomic E-state index is -1.58. The van der Waals surface area contributed by atoms with E-state index < -0.39 is 34.4 Å². The van der Waals surface area contributed by atoms with Gasteiger partial charge in [0, 0.05) is 6.07 Å². The van der Waals surface area contributed by atoms with Gasteiger partial charge in [-0.15, -0.1) is 0 Å². The van der Waals surface area contributed by atoms with Crippen molar-refractivity contribution in [1.29, 1.82) is 15.8 Å². The maximum absolute atomic E-state index is 13.2. The summed E-state index contributed by atoms with van der Waals surface area (Å²) in [6, 6.07) is 5.71. The molecule has 0 aliphatic carbocycles. The van der Waals surface area contributed by atoms with Crippen molar-refractivity contribution in [3.63, 3.8) is 0 Å². The predicted octanol–water partition coefficient (Wildman–Crippen LogP) is 1.47. The number of carbonyl (C=O) groups is 1. The van der Waals surface area contributed by atoms with Crippen LogP contribution in [0, 0.1) is 39.8 Å². The summed E-state index contributed by atoms with van der Waals surface area (Å²) in [5.74, 6) is -3.41. The van der Waals surface area contributed by atoms with Gasteiger partial charge in [-0.25, -0.2) is 9.18 Å². The van der Waals surface area contributed by atoms with Gasteiger partial charge in [-0.2, -0.15) is 15.8 Å². The molecule has 0 heterocycles. The number of halogens is 1. The van der Waals surface area contributed by atoms with E-state index in [-0.39, 0.29) is 5.69 Å². The Morgan fingerprint density at radius 2 is 1.80 bits per heavy atom. The largest absolute Gasteiger partial charge is 0.506 e. The molecule has 0 aliphatic heterocycles. The zero-order valence-electron chi connectivity index (χ0n) is 9.68. The number of carboxylic acids is 1. The number of anilines is 1. The molecule has 0 aliphatic rings. The molecule has 0 saturated heterocycles. The molecule has 0 bridgehead atoms. The zero-order chi connectivity index (χ0) is 15.3. The van der Waals surface area contributed by atoms with Gasteiger partial charge in [0.25, 0.3) is 0 Å². The van der Waals surface area contributed by atoms with Crippen molar-refractivity contribution in [2.75, 3.05) is 5.32 Å². The lowest BCUT2D eigenvalue weighted by atomic mass is 10.1. The van der Waals surface area contributed by atoms with Crippen LogP contribution in [0.2, 0.25) is 0 Å². The molecule has 0 radical (unpaired) electrons. The van der Waals surface area contributed by atoms with Crippen LogP contribution in [-0.2, 0) is 0 Å². The monoisotopic (exact) mass is 272 g/mol. The first-order chi connectivity index (χ1) is 9.44. The van der Waals surface area contributed by atoms with Crippen LogP contribution in [0.1, 0.15) is 10.4 Å². The van der Waals surface area contributed by atoms with Crippen molar-refractivity contribution in [2.45, 2.75) is 0 Å². The topological polar surface area (TPSA) is 141 Å². The second kappa shape index (κ2) is 5.85. The zero-order valence-corrected chi connectivity index (χ0v) is 9.68. The van der Waals surface area contributed by atoms with Crippen molar-refractivity contribution in [3.05, 3.63) is 34.8 Å². The Hall–Kier alpha value is -3.57. The van der Waals surface area contributed by atoms with Gasteiger partial charge >= 0.3 is 5.97 Å². The van der Waals surface area contributed by atoms with Gasteiger partial charge < -0.3 is 15.5 Å². The number of phenols is 1. The van der Waals surface area contributed by atoms with Crippen LogP contribution in [0.3, 0.4) is 0 Å². The molecule has 3 N–H and O–H groups in total. The van der Waals surface area contributed by atoms with Crippen LogP contribution in [0.4, 0.5) is 10.1 Å². The number of carboxylic acid groups (broad SMARTS) is 1. The fraction of sp³-hybridized carbons (Fsp3) is 0. The molecule has 0 aromatic heterocycles. The molecular weight excluding hydrogens is 267 g/mol. The number of nitriles is 3. The summed E-state index contributed by atoms with van der Waals surface area (Å²) < 4.78 is 13.2.